The van der Waals surface area contributed by atoms with Gasteiger partial charge >= 0.3 is 12.1 Å². The number of amides is 1. The SMILES string of the molecule is CC(C)(C)OC(=O)N[C@H](Cc1ccc(OCOn2ncc3ccc([N+](=O)[O-])cc32)cc1)C(=O)OC(C1CC1)C1CC1. The molecule has 1 atom stereocenters. The number of nitrogens with one attached hydrogen (secondary N) is 1. The molecule has 1 amide bonds. The number of benzene rings is 2. The van der Waals surface area contributed by atoms with Gasteiger partial charge < -0.3 is 24.4 Å². The van der Waals surface area contributed by atoms with Crippen molar-refractivity contribution in [1.29, 1.82) is 0 Å². The first kappa shape index (κ1) is 28.2. The fourth-order valence-corrected chi connectivity index (χ4v) is 4.59. The lowest BCUT2D eigenvalue weighted by atomic mass is 10.1. The second kappa shape index (κ2) is 11.6. The fraction of sp³-hybridized carbons (Fsp3) is 0.483. The van der Waals surface area contributed by atoms with Crippen molar-refractivity contribution in [1.82, 2.24) is 15.3 Å². The van der Waals surface area contributed by atoms with Crippen molar-refractivity contribution in [3.8, 4) is 5.75 Å². The fourth-order valence-electron chi connectivity index (χ4n) is 4.59. The Morgan fingerprint density at radius 3 is 2.39 bits per heavy atom. The number of nitrogens with zero attached hydrogens (tertiary/aromatic N) is 3. The molecule has 0 unspecified atom stereocenters. The second-order valence-corrected chi connectivity index (χ2v) is 11.5. The van der Waals surface area contributed by atoms with E-state index in [9.17, 15) is 19.7 Å². The normalized spacial score (nSPS) is 15.8. The topological polar surface area (TPSA) is 144 Å². The lowest BCUT2D eigenvalue weighted by Gasteiger charge is -2.25. The van der Waals surface area contributed by atoms with Crippen LogP contribution in [-0.2, 0) is 20.7 Å². The minimum atomic E-state index is -0.905. The Morgan fingerprint density at radius 1 is 1.10 bits per heavy atom. The van der Waals surface area contributed by atoms with Gasteiger partial charge in [-0.15, -0.1) is 5.10 Å². The molecule has 0 radical (unpaired) electrons. The number of ether oxygens (including phenoxy) is 3. The van der Waals surface area contributed by atoms with Gasteiger partial charge in [-0.05, 0) is 82.1 Å². The van der Waals surface area contributed by atoms with Crippen molar-refractivity contribution in [3.05, 3.63) is 64.3 Å². The molecule has 3 aromatic rings. The summed E-state index contributed by atoms with van der Waals surface area (Å²) in [7, 11) is 0. The highest BCUT2D eigenvalue weighted by Crippen LogP contribution is 2.46. The Morgan fingerprint density at radius 2 is 1.78 bits per heavy atom. The number of carbonyl (C=O) groups is 2. The summed E-state index contributed by atoms with van der Waals surface area (Å²) in [5.74, 6) is 0.877. The highest BCUT2D eigenvalue weighted by atomic mass is 16.8. The Hall–Kier alpha value is -4.35. The van der Waals surface area contributed by atoms with Crippen LogP contribution in [-0.4, -0.2) is 51.5 Å². The van der Waals surface area contributed by atoms with Crippen molar-refractivity contribution in [3.63, 3.8) is 0 Å². The van der Waals surface area contributed by atoms with Crippen molar-refractivity contribution in [2.24, 2.45) is 11.8 Å². The zero-order valence-corrected chi connectivity index (χ0v) is 23.3. The molecule has 2 aromatic carbocycles. The summed E-state index contributed by atoms with van der Waals surface area (Å²) in [6.45, 7) is 5.09. The molecule has 0 aliphatic heterocycles. The molecule has 5 rings (SSSR count). The maximum Gasteiger partial charge on any atom is 0.408 e. The van der Waals surface area contributed by atoms with Crippen LogP contribution in [0.2, 0.25) is 0 Å². The zero-order chi connectivity index (χ0) is 29.1. The van der Waals surface area contributed by atoms with E-state index in [1.165, 1.54) is 23.2 Å². The van der Waals surface area contributed by atoms with Crippen molar-refractivity contribution in [2.75, 3.05) is 6.79 Å². The molecule has 1 aromatic heterocycles. The van der Waals surface area contributed by atoms with Crippen LogP contribution in [0.5, 0.6) is 5.75 Å². The lowest BCUT2D eigenvalue weighted by molar-refractivity contribution is -0.384. The lowest BCUT2D eigenvalue weighted by Crippen LogP contribution is -2.46. The molecule has 12 nitrogen and oxygen atoms in total. The quantitative estimate of drug-likeness (QED) is 0.144. The Labute approximate surface area is 237 Å². The summed E-state index contributed by atoms with van der Waals surface area (Å²) < 4.78 is 17.0. The van der Waals surface area contributed by atoms with Gasteiger partial charge in [-0.2, -0.15) is 0 Å². The minimum Gasteiger partial charge on any atom is -0.460 e. The number of nitro benzene ring substituents is 1. The maximum absolute atomic E-state index is 13.2. The zero-order valence-electron chi connectivity index (χ0n) is 23.3. The predicted molar refractivity (Wildman–Crippen MR) is 147 cm³/mol. The van der Waals surface area contributed by atoms with Gasteiger partial charge in [0.05, 0.1) is 11.1 Å². The van der Waals surface area contributed by atoms with E-state index in [0.29, 0.717) is 28.5 Å². The summed E-state index contributed by atoms with van der Waals surface area (Å²) >= 11 is 0. The number of hydrogen-bond acceptors (Lipinski definition) is 9. The third-order valence-corrected chi connectivity index (χ3v) is 6.90. The van der Waals surface area contributed by atoms with Crippen LogP contribution in [0.25, 0.3) is 10.9 Å². The number of rotatable bonds is 12. The predicted octanol–water partition coefficient (Wildman–Crippen LogP) is 4.58. The molecule has 1 heterocycles. The van der Waals surface area contributed by atoms with Crippen molar-refractivity contribution in [2.45, 2.75) is 70.6 Å². The van der Waals surface area contributed by atoms with E-state index in [1.54, 1.807) is 51.1 Å². The summed E-state index contributed by atoms with van der Waals surface area (Å²) in [6, 6.07) is 10.5. The van der Waals surface area contributed by atoms with Crippen LogP contribution >= 0.6 is 0 Å². The van der Waals surface area contributed by atoms with Gasteiger partial charge in [0.25, 0.3) is 12.5 Å². The number of alkyl carbamates (subject to hydrolysis) is 1. The summed E-state index contributed by atoms with van der Waals surface area (Å²) in [6.07, 6.45) is 5.27. The standard InChI is InChI=1S/C29H34N4O8/c1-29(2,3)41-28(35)31-24(27(34)40-26(19-6-7-19)20-8-9-20)14-18-4-12-23(13-5-18)38-17-39-32-25-15-22(33(36)37)11-10-21(25)16-30-32/h4-5,10-13,15-16,19-20,24,26H,6-9,14,17H2,1-3H3,(H,31,35)/t24-/m1/s1. The molecular weight excluding hydrogens is 532 g/mol. The molecule has 2 saturated carbocycles. The largest absolute Gasteiger partial charge is 0.460 e. The van der Waals surface area contributed by atoms with Gasteiger partial charge in [-0.3, -0.25) is 10.1 Å². The molecule has 12 heteroatoms. The van der Waals surface area contributed by atoms with Crippen LogP contribution in [0.15, 0.2) is 48.7 Å². The van der Waals surface area contributed by atoms with Gasteiger partial charge in [-0.1, -0.05) is 17.0 Å². The molecule has 2 aliphatic rings. The molecular formula is C29H34N4O8. The van der Waals surface area contributed by atoms with Crippen LogP contribution in [0.4, 0.5) is 10.5 Å². The Balaban J connectivity index is 1.19. The number of aromatic nitrogens is 2. The van der Waals surface area contributed by atoms with E-state index in [2.05, 4.69) is 10.4 Å². The van der Waals surface area contributed by atoms with E-state index in [-0.39, 0.29) is 25.0 Å². The first-order chi connectivity index (χ1) is 19.6. The molecule has 2 aliphatic carbocycles. The molecule has 0 saturated heterocycles. The molecule has 218 valence electrons. The molecule has 0 spiro atoms. The van der Waals surface area contributed by atoms with Crippen molar-refractivity contribution >= 4 is 28.7 Å². The molecule has 0 bridgehead atoms. The summed E-state index contributed by atoms with van der Waals surface area (Å²) in [5, 5.41) is 18.6. The van der Waals surface area contributed by atoms with Crippen LogP contribution in [0, 0.1) is 22.0 Å². The summed E-state index contributed by atoms with van der Waals surface area (Å²) in [5.41, 5.74) is 0.454. The second-order valence-electron chi connectivity index (χ2n) is 11.5. The first-order valence-electron chi connectivity index (χ1n) is 13.7. The number of hydrogen-bond donors (Lipinski definition) is 1. The van der Waals surface area contributed by atoms with E-state index in [1.807, 2.05) is 0 Å². The number of nitro groups is 1. The van der Waals surface area contributed by atoms with Crippen LogP contribution in [0.1, 0.15) is 52.0 Å². The van der Waals surface area contributed by atoms with Gasteiger partial charge in [0.1, 0.15) is 29.0 Å². The minimum absolute atomic E-state index is 0.0710. The number of non-ortho nitro benzene ring substituents is 1. The smallest absolute Gasteiger partial charge is 0.408 e. The highest BCUT2D eigenvalue weighted by molar-refractivity contribution is 5.82. The van der Waals surface area contributed by atoms with Gasteiger partial charge in [-0.25, -0.2) is 9.59 Å². The van der Waals surface area contributed by atoms with E-state index in [0.717, 1.165) is 31.2 Å². The van der Waals surface area contributed by atoms with Crippen molar-refractivity contribution < 1.29 is 33.6 Å². The highest BCUT2D eigenvalue weighted by Gasteiger charge is 2.45. The van der Waals surface area contributed by atoms with Crippen LogP contribution in [0.3, 0.4) is 0 Å². The van der Waals surface area contributed by atoms with Gasteiger partial charge in [0.15, 0.2) is 0 Å². The number of fused-ring (bicyclic) bond motifs is 1. The molecule has 1 N–H and O–H groups in total. The summed E-state index contributed by atoms with van der Waals surface area (Å²) in [4.78, 5) is 43.0. The van der Waals surface area contributed by atoms with Gasteiger partial charge in [0, 0.05) is 23.9 Å². The Kier molecular flexibility index (Phi) is 8.00. The third kappa shape index (κ3) is 7.65. The average molecular weight is 567 g/mol. The number of esters is 1. The maximum atomic E-state index is 13.2. The number of carbonyl (C=O) groups excluding carboxylic acids is 2. The monoisotopic (exact) mass is 566 g/mol. The van der Waals surface area contributed by atoms with Gasteiger partial charge in [0.2, 0.25) is 0 Å². The van der Waals surface area contributed by atoms with E-state index < -0.39 is 28.6 Å². The van der Waals surface area contributed by atoms with E-state index >= 15 is 0 Å². The van der Waals surface area contributed by atoms with E-state index in [4.69, 9.17) is 19.0 Å². The Bertz CT molecular complexity index is 1390. The molecule has 41 heavy (non-hydrogen) atoms. The average Bonchev–Trinajstić information content (AvgIpc) is 3.85. The molecule has 2 fully saturated rings. The third-order valence-electron chi connectivity index (χ3n) is 6.90. The first-order valence-corrected chi connectivity index (χ1v) is 13.7. The van der Waals surface area contributed by atoms with Crippen LogP contribution < -0.4 is 14.9 Å².